The van der Waals surface area contributed by atoms with Gasteiger partial charge in [-0.15, -0.1) is 0 Å². The van der Waals surface area contributed by atoms with Crippen LogP contribution >= 0.6 is 0 Å². The Labute approximate surface area is 216 Å². The second kappa shape index (κ2) is 13.1. The number of carbonyl (C=O) groups excluding carboxylic acids is 1. The lowest BCUT2D eigenvalue weighted by atomic mass is 9.84. The van der Waals surface area contributed by atoms with Crippen molar-refractivity contribution in [2.24, 2.45) is 11.8 Å². The fourth-order valence-corrected chi connectivity index (χ4v) is 5.57. The van der Waals surface area contributed by atoms with Crippen LogP contribution in [0, 0.1) is 11.8 Å². The van der Waals surface area contributed by atoms with E-state index in [1.165, 1.54) is 12.1 Å². The maximum Gasteiger partial charge on any atom is 0.417 e. The number of aliphatic hydroxyl groups is 3. The van der Waals surface area contributed by atoms with E-state index >= 15 is 0 Å². The monoisotopic (exact) mass is 524 g/mol. The number of benzene rings is 2. The number of rotatable bonds is 12. The van der Waals surface area contributed by atoms with Crippen LogP contribution in [0.5, 0.6) is 0 Å². The van der Waals surface area contributed by atoms with Gasteiger partial charge in [-0.25, -0.2) is 0 Å². The minimum Gasteiger partial charge on any atom is -0.463 e. The molecular weight excluding hydrogens is 485 g/mol. The molecule has 3 rings (SSSR count). The molecule has 2 aromatic rings. The van der Waals surface area contributed by atoms with Crippen molar-refractivity contribution in [3.05, 3.63) is 47.5 Å². The number of esters is 1. The highest BCUT2D eigenvalue weighted by atomic mass is 19.4. The Balaban J connectivity index is 1.53. The molecular formula is C29H39F3O5. The maximum atomic E-state index is 13.4. The van der Waals surface area contributed by atoms with Gasteiger partial charge < -0.3 is 20.1 Å². The second-order valence-corrected chi connectivity index (χ2v) is 10.6. The molecule has 8 heteroatoms. The van der Waals surface area contributed by atoms with Crippen LogP contribution in [0.4, 0.5) is 13.2 Å². The summed E-state index contributed by atoms with van der Waals surface area (Å²) in [5, 5.41) is 32.3. The molecule has 1 aliphatic carbocycles. The van der Waals surface area contributed by atoms with Crippen molar-refractivity contribution in [3.8, 4) is 0 Å². The molecule has 0 amide bonds. The molecule has 0 saturated heterocycles. The average Bonchev–Trinajstić information content (AvgIpc) is 3.09. The van der Waals surface area contributed by atoms with E-state index in [1.807, 2.05) is 13.8 Å². The number of hydrogen-bond donors (Lipinski definition) is 3. The predicted molar refractivity (Wildman–Crippen MR) is 136 cm³/mol. The van der Waals surface area contributed by atoms with Crippen LogP contribution in [-0.4, -0.2) is 39.6 Å². The van der Waals surface area contributed by atoms with Gasteiger partial charge in [-0.3, -0.25) is 4.79 Å². The molecule has 1 unspecified atom stereocenters. The molecule has 206 valence electrons. The molecule has 0 spiro atoms. The number of hydrogen-bond acceptors (Lipinski definition) is 5. The largest absolute Gasteiger partial charge is 0.463 e. The van der Waals surface area contributed by atoms with E-state index in [-0.39, 0.29) is 42.1 Å². The summed E-state index contributed by atoms with van der Waals surface area (Å²) in [6, 6.07) is 8.64. The zero-order valence-electron chi connectivity index (χ0n) is 21.6. The fourth-order valence-electron chi connectivity index (χ4n) is 5.57. The number of aliphatic hydroxyl groups excluding tert-OH is 3. The summed E-state index contributed by atoms with van der Waals surface area (Å²) < 4.78 is 45.5. The van der Waals surface area contributed by atoms with Gasteiger partial charge >= 0.3 is 12.1 Å². The van der Waals surface area contributed by atoms with E-state index in [2.05, 4.69) is 0 Å². The zero-order chi connectivity index (χ0) is 27.2. The SMILES string of the molecule is CC(C)OC(=O)CCCCCC[C@@H]1[C@@H](CCC(O)c2ccc3cccc(C(F)(F)F)c3c2)[C@H](O)C[C@@H]1O. The molecule has 5 atom stereocenters. The summed E-state index contributed by atoms with van der Waals surface area (Å²) in [5.41, 5.74) is -0.324. The van der Waals surface area contributed by atoms with Gasteiger partial charge in [-0.05, 0) is 86.3 Å². The number of ether oxygens (including phenoxy) is 1. The lowest BCUT2D eigenvalue weighted by molar-refractivity contribution is -0.147. The van der Waals surface area contributed by atoms with Crippen LogP contribution in [0.2, 0.25) is 0 Å². The Morgan fingerprint density at radius 1 is 1.00 bits per heavy atom. The molecule has 0 bridgehead atoms. The fraction of sp³-hybridized carbons (Fsp3) is 0.621. The first kappa shape index (κ1) is 29.4. The van der Waals surface area contributed by atoms with Crippen molar-refractivity contribution in [2.75, 3.05) is 0 Å². The Hall–Kier alpha value is -2.16. The number of alkyl halides is 3. The number of fused-ring (bicyclic) bond motifs is 1. The van der Waals surface area contributed by atoms with E-state index in [0.29, 0.717) is 23.8 Å². The molecule has 37 heavy (non-hydrogen) atoms. The highest BCUT2D eigenvalue weighted by molar-refractivity contribution is 5.87. The van der Waals surface area contributed by atoms with Gasteiger partial charge in [-0.1, -0.05) is 43.5 Å². The van der Waals surface area contributed by atoms with E-state index in [0.717, 1.165) is 38.2 Å². The Kier molecular flexibility index (Phi) is 10.4. The van der Waals surface area contributed by atoms with Crippen molar-refractivity contribution >= 4 is 16.7 Å². The average molecular weight is 525 g/mol. The quantitative estimate of drug-likeness (QED) is 0.223. The summed E-state index contributed by atoms with van der Waals surface area (Å²) in [5.74, 6) is -0.470. The molecule has 5 nitrogen and oxygen atoms in total. The summed E-state index contributed by atoms with van der Waals surface area (Å²) in [6.45, 7) is 3.64. The highest BCUT2D eigenvalue weighted by Gasteiger charge is 2.41. The van der Waals surface area contributed by atoms with E-state index in [1.54, 1.807) is 18.2 Å². The molecule has 0 aliphatic heterocycles. The van der Waals surface area contributed by atoms with Gasteiger partial charge in [0.2, 0.25) is 0 Å². The molecule has 1 saturated carbocycles. The summed E-state index contributed by atoms with van der Waals surface area (Å²) >= 11 is 0. The standard InChI is InChI=1S/C29H39F3O5/c1-18(2)37-28(36)11-6-4-3-5-9-21-22(27(35)17-26(21)34)14-15-25(33)20-13-12-19-8-7-10-24(23(19)16-20)29(30,31)32/h7-8,10,12-13,16,18,21-22,25-27,33-35H,3-6,9,11,14-15,17H2,1-2H3/t21-,22-,25?,26+,27-/m1/s1. The smallest absolute Gasteiger partial charge is 0.417 e. The third-order valence-corrected chi connectivity index (χ3v) is 7.43. The lowest BCUT2D eigenvalue weighted by Gasteiger charge is -2.25. The number of unbranched alkanes of at least 4 members (excludes halogenated alkanes) is 3. The van der Waals surface area contributed by atoms with Crippen LogP contribution < -0.4 is 0 Å². The first-order valence-corrected chi connectivity index (χ1v) is 13.3. The topological polar surface area (TPSA) is 87.0 Å². The van der Waals surface area contributed by atoms with E-state index in [9.17, 15) is 33.3 Å². The Morgan fingerprint density at radius 3 is 2.35 bits per heavy atom. The van der Waals surface area contributed by atoms with Crippen molar-refractivity contribution < 1.29 is 38.0 Å². The first-order chi connectivity index (χ1) is 17.5. The summed E-state index contributed by atoms with van der Waals surface area (Å²) in [4.78, 5) is 11.6. The minimum absolute atomic E-state index is 0.0539. The van der Waals surface area contributed by atoms with Crippen molar-refractivity contribution in [2.45, 2.75) is 102 Å². The predicted octanol–water partition coefficient (Wildman–Crippen LogP) is 6.32. The third-order valence-electron chi connectivity index (χ3n) is 7.43. The zero-order valence-corrected chi connectivity index (χ0v) is 21.6. The van der Waals surface area contributed by atoms with Crippen LogP contribution in [0.15, 0.2) is 36.4 Å². The van der Waals surface area contributed by atoms with Crippen LogP contribution in [0.1, 0.15) is 88.9 Å². The van der Waals surface area contributed by atoms with Crippen LogP contribution in [0.3, 0.4) is 0 Å². The van der Waals surface area contributed by atoms with Crippen molar-refractivity contribution in [1.82, 2.24) is 0 Å². The molecule has 2 aromatic carbocycles. The number of carbonyl (C=O) groups is 1. The first-order valence-electron chi connectivity index (χ1n) is 13.3. The second-order valence-electron chi connectivity index (χ2n) is 10.6. The van der Waals surface area contributed by atoms with Gasteiger partial charge in [0.15, 0.2) is 0 Å². The number of halogens is 3. The van der Waals surface area contributed by atoms with Gasteiger partial charge in [0.05, 0.1) is 30.0 Å². The molecule has 0 aromatic heterocycles. The minimum atomic E-state index is -4.49. The third kappa shape index (κ3) is 8.16. The molecule has 3 N–H and O–H groups in total. The molecule has 1 fully saturated rings. The van der Waals surface area contributed by atoms with Crippen molar-refractivity contribution in [3.63, 3.8) is 0 Å². The Morgan fingerprint density at radius 2 is 1.68 bits per heavy atom. The highest BCUT2D eigenvalue weighted by Crippen LogP contribution is 2.41. The molecule has 0 heterocycles. The summed E-state index contributed by atoms with van der Waals surface area (Å²) in [6.07, 6.45) is -1.31. The van der Waals surface area contributed by atoms with Gasteiger partial charge in [0, 0.05) is 6.42 Å². The van der Waals surface area contributed by atoms with Crippen molar-refractivity contribution in [1.29, 1.82) is 0 Å². The Bertz CT molecular complexity index is 1020. The molecule has 0 radical (unpaired) electrons. The maximum absolute atomic E-state index is 13.4. The normalized spacial score (nSPS) is 23.1. The molecule has 1 aliphatic rings. The lowest BCUT2D eigenvalue weighted by Crippen LogP contribution is -2.23. The van der Waals surface area contributed by atoms with E-state index < -0.39 is 30.1 Å². The van der Waals surface area contributed by atoms with Gasteiger partial charge in [-0.2, -0.15) is 13.2 Å². The van der Waals surface area contributed by atoms with Gasteiger partial charge in [0.1, 0.15) is 0 Å². The van der Waals surface area contributed by atoms with E-state index in [4.69, 9.17) is 4.74 Å². The van der Waals surface area contributed by atoms with Crippen LogP contribution in [-0.2, 0) is 15.7 Å². The van der Waals surface area contributed by atoms with Crippen LogP contribution in [0.25, 0.3) is 10.8 Å². The summed E-state index contributed by atoms with van der Waals surface area (Å²) in [7, 11) is 0. The van der Waals surface area contributed by atoms with Gasteiger partial charge in [0.25, 0.3) is 0 Å².